The summed E-state index contributed by atoms with van der Waals surface area (Å²) in [7, 11) is 1.58. The number of rotatable bonds is 5. The Labute approximate surface area is 169 Å². The Bertz CT molecular complexity index is 1010. The average Bonchev–Trinajstić information content (AvgIpc) is 3.33. The third-order valence-corrected chi connectivity index (χ3v) is 5.31. The third-order valence-electron chi connectivity index (χ3n) is 5.31. The molecule has 1 amide bonds. The van der Waals surface area contributed by atoms with Crippen molar-refractivity contribution in [3.63, 3.8) is 0 Å². The van der Waals surface area contributed by atoms with Crippen LogP contribution >= 0.6 is 0 Å². The zero-order chi connectivity index (χ0) is 20.2. The number of carbonyl (C=O) groups excluding carboxylic acids is 2. The number of hydrogen-bond donors (Lipinski definition) is 1. The minimum Gasteiger partial charge on any atom is -0.497 e. The first-order valence-corrected chi connectivity index (χ1v) is 9.73. The van der Waals surface area contributed by atoms with Gasteiger partial charge in [-0.3, -0.25) is 9.59 Å². The van der Waals surface area contributed by atoms with Crippen LogP contribution in [0.4, 0.5) is 0 Å². The normalized spacial score (nSPS) is 16.4. The van der Waals surface area contributed by atoms with Crippen LogP contribution in [0.3, 0.4) is 0 Å². The molecule has 1 N–H and O–H groups in total. The summed E-state index contributed by atoms with van der Waals surface area (Å²) >= 11 is 0. The number of benzene rings is 2. The number of hydrogen-bond acceptors (Lipinski definition) is 4. The van der Waals surface area contributed by atoms with Crippen molar-refractivity contribution in [2.24, 2.45) is 5.92 Å². The van der Waals surface area contributed by atoms with Crippen molar-refractivity contribution in [1.82, 2.24) is 14.9 Å². The molecule has 0 aliphatic carbocycles. The van der Waals surface area contributed by atoms with E-state index >= 15 is 0 Å². The number of ether oxygens (including phenoxy) is 1. The molecule has 0 bridgehead atoms. The smallest absolute Gasteiger partial charge is 0.253 e. The van der Waals surface area contributed by atoms with E-state index in [4.69, 9.17) is 4.74 Å². The summed E-state index contributed by atoms with van der Waals surface area (Å²) < 4.78 is 5.23. The highest BCUT2D eigenvalue weighted by molar-refractivity contribution is 6.00. The average molecular weight is 389 g/mol. The number of amides is 1. The van der Waals surface area contributed by atoms with Crippen LogP contribution in [-0.4, -0.2) is 46.8 Å². The van der Waals surface area contributed by atoms with Crippen molar-refractivity contribution >= 4 is 11.7 Å². The summed E-state index contributed by atoms with van der Waals surface area (Å²) in [6.45, 7) is 1.09. The van der Waals surface area contributed by atoms with Crippen LogP contribution in [0.25, 0.3) is 11.4 Å². The molecule has 1 aliphatic heterocycles. The van der Waals surface area contributed by atoms with E-state index in [1.807, 2.05) is 36.4 Å². The number of nitrogens with zero attached hydrogens (tertiary/aromatic N) is 2. The Morgan fingerprint density at radius 2 is 1.97 bits per heavy atom. The van der Waals surface area contributed by atoms with Gasteiger partial charge in [-0.1, -0.05) is 24.3 Å². The largest absolute Gasteiger partial charge is 0.497 e. The maximum absolute atomic E-state index is 13.1. The van der Waals surface area contributed by atoms with Crippen molar-refractivity contribution in [3.8, 4) is 17.1 Å². The summed E-state index contributed by atoms with van der Waals surface area (Å²) in [5.74, 6) is 1.19. The predicted octanol–water partition coefficient (Wildman–Crippen LogP) is 3.82. The standard InChI is InChI=1S/C23H23N3O3/c1-29-20-9-3-5-16(14-20)21(27)19-8-4-12-26(15-19)23(28)18-7-2-6-17(13-18)22-24-10-11-25-22/h2-3,5-7,9-11,13-14,19H,4,8,12,15H2,1H3,(H,24,25). The number of methoxy groups -OCH3 is 1. The lowest BCUT2D eigenvalue weighted by Crippen LogP contribution is -2.42. The van der Waals surface area contributed by atoms with Crippen molar-refractivity contribution in [1.29, 1.82) is 0 Å². The highest BCUT2D eigenvalue weighted by Gasteiger charge is 2.29. The first-order chi connectivity index (χ1) is 14.2. The van der Waals surface area contributed by atoms with Gasteiger partial charge in [0.25, 0.3) is 5.91 Å². The van der Waals surface area contributed by atoms with Crippen LogP contribution < -0.4 is 4.74 Å². The number of nitrogens with one attached hydrogen (secondary N) is 1. The van der Waals surface area contributed by atoms with E-state index in [1.165, 1.54) is 0 Å². The van der Waals surface area contributed by atoms with Gasteiger partial charge in [-0.2, -0.15) is 0 Å². The quantitative estimate of drug-likeness (QED) is 0.673. The highest BCUT2D eigenvalue weighted by Crippen LogP contribution is 2.25. The van der Waals surface area contributed by atoms with E-state index in [0.717, 1.165) is 24.2 Å². The second-order valence-corrected chi connectivity index (χ2v) is 7.21. The fraction of sp³-hybridized carbons (Fsp3) is 0.261. The monoisotopic (exact) mass is 389 g/mol. The van der Waals surface area contributed by atoms with E-state index < -0.39 is 0 Å². The molecule has 1 atom stereocenters. The number of aromatic nitrogens is 2. The molecule has 0 spiro atoms. The molecule has 148 valence electrons. The summed E-state index contributed by atoms with van der Waals surface area (Å²) in [5.41, 5.74) is 2.10. The first-order valence-electron chi connectivity index (χ1n) is 9.73. The Balaban J connectivity index is 1.50. The van der Waals surface area contributed by atoms with Gasteiger partial charge in [-0.25, -0.2) is 4.98 Å². The van der Waals surface area contributed by atoms with E-state index in [0.29, 0.717) is 30.0 Å². The van der Waals surface area contributed by atoms with Crippen LogP contribution in [0, 0.1) is 5.92 Å². The molecule has 6 heteroatoms. The van der Waals surface area contributed by atoms with Gasteiger partial charge in [0.2, 0.25) is 0 Å². The van der Waals surface area contributed by atoms with Gasteiger partial charge in [0, 0.05) is 48.1 Å². The molecule has 29 heavy (non-hydrogen) atoms. The Morgan fingerprint density at radius 1 is 1.14 bits per heavy atom. The summed E-state index contributed by atoms with van der Waals surface area (Å²) in [6, 6.07) is 14.6. The summed E-state index contributed by atoms with van der Waals surface area (Å²) in [5, 5.41) is 0. The van der Waals surface area contributed by atoms with Gasteiger partial charge in [0.1, 0.15) is 11.6 Å². The summed E-state index contributed by atoms with van der Waals surface area (Å²) in [6.07, 6.45) is 5.03. The first kappa shape index (κ1) is 18.9. The highest BCUT2D eigenvalue weighted by atomic mass is 16.5. The number of imidazole rings is 1. The number of Topliss-reactive ketones (excluding diaryl/α,β-unsaturated/α-hetero) is 1. The summed E-state index contributed by atoms with van der Waals surface area (Å²) in [4.78, 5) is 35.2. The zero-order valence-electron chi connectivity index (χ0n) is 16.3. The number of aromatic amines is 1. The van der Waals surface area contributed by atoms with E-state index in [9.17, 15) is 9.59 Å². The van der Waals surface area contributed by atoms with Crippen molar-refractivity contribution in [3.05, 3.63) is 72.1 Å². The van der Waals surface area contributed by atoms with Gasteiger partial charge in [0.05, 0.1) is 7.11 Å². The van der Waals surface area contributed by atoms with Gasteiger partial charge in [0.15, 0.2) is 5.78 Å². The van der Waals surface area contributed by atoms with Crippen molar-refractivity contribution < 1.29 is 14.3 Å². The fourth-order valence-electron chi connectivity index (χ4n) is 3.79. The molecule has 0 saturated carbocycles. The lowest BCUT2D eigenvalue weighted by atomic mass is 9.89. The lowest BCUT2D eigenvalue weighted by molar-refractivity contribution is 0.0637. The zero-order valence-corrected chi connectivity index (χ0v) is 16.3. The molecular formula is C23H23N3O3. The SMILES string of the molecule is COc1cccc(C(=O)C2CCCN(C(=O)c3cccc(-c4ncc[nH]4)c3)C2)c1. The maximum Gasteiger partial charge on any atom is 0.253 e. The van der Waals surface area contributed by atoms with Gasteiger partial charge in [-0.15, -0.1) is 0 Å². The molecule has 3 aromatic rings. The molecule has 2 heterocycles. The molecule has 1 saturated heterocycles. The van der Waals surface area contributed by atoms with Crippen LogP contribution in [0.15, 0.2) is 60.9 Å². The second kappa shape index (κ2) is 8.31. The van der Waals surface area contributed by atoms with Crippen LogP contribution in [-0.2, 0) is 0 Å². The van der Waals surface area contributed by atoms with Gasteiger partial charge >= 0.3 is 0 Å². The Hall–Kier alpha value is -3.41. The minimum atomic E-state index is -0.201. The molecule has 1 aromatic heterocycles. The molecular weight excluding hydrogens is 366 g/mol. The number of carbonyl (C=O) groups is 2. The molecule has 2 aromatic carbocycles. The van der Waals surface area contributed by atoms with E-state index in [-0.39, 0.29) is 17.6 Å². The Morgan fingerprint density at radius 3 is 2.76 bits per heavy atom. The van der Waals surface area contributed by atoms with Crippen molar-refractivity contribution in [2.45, 2.75) is 12.8 Å². The Kier molecular flexibility index (Phi) is 5.42. The lowest BCUT2D eigenvalue weighted by Gasteiger charge is -2.32. The third kappa shape index (κ3) is 4.06. The van der Waals surface area contributed by atoms with E-state index in [1.54, 1.807) is 36.5 Å². The molecule has 4 rings (SSSR count). The molecule has 0 radical (unpaired) electrons. The van der Waals surface area contributed by atoms with Gasteiger partial charge < -0.3 is 14.6 Å². The van der Waals surface area contributed by atoms with Gasteiger partial charge in [-0.05, 0) is 37.1 Å². The molecule has 1 unspecified atom stereocenters. The number of H-pyrrole nitrogens is 1. The number of likely N-dealkylation sites (tertiary alicyclic amines) is 1. The predicted molar refractivity (Wildman–Crippen MR) is 110 cm³/mol. The number of ketones is 1. The second-order valence-electron chi connectivity index (χ2n) is 7.21. The number of piperidine rings is 1. The van der Waals surface area contributed by atoms with Crippen molar-refractivity contribution in [2.75, 3.05) is 20.2 Å². The van der Waals surface area contributed by atoms with Crippen LogP contribution in [0.5, 0.6) is 5.75 Å². The molecule has 6 nitrogen and oxygen atoms in total. The van der Waals surface area contributed by atoms with E-state index in [2.05, 4.69) is 9.97 Å². The topological polar surface area (TPSA) is 75.3 Å². The van der Waals surface area contributed by atoms with Crippen LogP contribution in [0.1, 0.15) is 33.6 Å². The maximum atomic E-state index is 13.1. The minimum absolute atomic E-state index is 0.0541. The molecule has 1 aliphatic rings. The van der Waals surface area contributed by atoms with Crippen LogP contribution in [0.2, 0.25) is 0 Å². The molecule has 1 fully saturated rings. The fourth-order valence-corrected chi connectivity index (χ4v) is 3.79.